The van der Waals surface area contributed by atoms with Crippen molar-refractivity contribution < 1.29 is 0 Å². The molecule has 2 aliphatic carbocycles. The van der Waals surface area contributed by atoms with E-state index in [1.165, 1.54) is 126 Å². The Morgan fingerprint density at radius 3 is 1.95 bits per heavy atom. The summed E-state index contributed by atoms with van der Waals surface area (Å²) in [6.45, 7) is 2.42. The Kier molecular flexibility index (Phi) is 9.11. The minimum Gasteiger partial charge on any atom is -0.310 e. The zero-order valence-corrected chi connectivity index (χ0v) is 35.8. The van der Waals surface area contributed by atoms with Gasteiger partial charge in [0.15, 0.2) is 0 Å². The summed E-state index contributed by atoms with van der Waals surface area (Å²) in [6.07, 6.45) is 6.47. The Morgan fingerprint density at radius 2 is 1.06 bits per heavy atom. The zero-order valence-electron chi connectivity index (χ0n) is 35.8. The molecule has 12 rings (SSSR count). The third kappa shape index (κ3) is 6.13. The SMILES string of the molecule is CC1(c2ccccc2)c2ccccc2-c2ccc(N(c3cccc(-c4cccc5c4ccc4ccccc45)c3)c3ccccc3-c3cccc4cccc(C5CCCCC5)c34)cc21. The van der Waals surface area contributed by atoms with Crippen LogP contribution in [0.3, 0.4) is 0 Å². The van der Waals surface area contributed by atoms with Gasteiger partial charge in [0.2, 0.25) is 0 Å². The summed E-state index contributed by atoms with van der Waals surface area (Å²) in [5, 5.41) is 7.81. The molecule has 0 bridgehead atoms. The highest BCUT2D eigenvalue weighted by Gasteiger charge is 2.41. The Morgan fingerprint density at radius 1 is 0.413 bits per heavy atom. The second kappa shape index (κ2) is 15.3. The predicted molar refractivity (Wildman–Crippen MR) is 268 cm³/mol. The number of fused-ring (bicyclic) bond motifs is 7. The van der Waals surface area contributed by atoms with Crippen molar-refractivity contribution in [3.05, 3.63) is 235 Å². The van der Waals surface area contributed by atoms with E-state index < -0.39 is 0 Å². The summed E-state index contributed by atoms with van der Waals surface area (Å²) in [4.78, 5) is 2.54. The monoisotopic (exact) mass is 807 g/mol. The second-order valence-electron chi connectivity index (χ2n) is 17.9. The standard InChI is InChI=1S/C62H49N/c1-62(46-24-6-3-7-25-46)58-34-12-10-28-54(58)55-39-37-48(41-59(55)62)63(47-26-14-23-45(40-47)50-30-17-32-52-49-27-9-8-20-43(49)36-38-53(50)52)60-35-13-11-29-56(60)57-33-16-22-44-21-15-31-51(61(44)57)42-18-4-2-5-19-42/h3,6-17,20-42H,2,4-5,18-19H2,1H3. The van der Waals surface area contributed by atoms with E-state index in [0.717, 1.165) is 11.4 Å². The Bertz CT molecular complexity index is 3350. The number of hydrogen-bond donors (Lipinski definition) is 0. The lowest BCUT2D eigenvalue weighted by molar-refractivity contribution is 0.445. The molecule has 0 aliphatic heterocycles. The van der Waals surface area contributed by atoms with Gasteiger partial charge in [-0.15, -0.1) is 0 Å². The van der Waals surface area contributed by atoms with E-state index in [-0.39, 0.29) is 5.41 Å². The van der Waals surface area contributed by atoms with Gasteiger partial charge in [0, 0.05) is 22.4 Å². The van der Waals surface area contributed by atoms with Crippen LogP contribution in [-0.2, 0) is 5.41 Å². The minimum absolute atomic E-state index is 0.327. The molecule has 1 unspecified atom stereocenters. The number of hydrogen-bond acceptors (Lipinski definition) is 1. The highest BCUT2D eigenvalue weighted by molar-refractivity contribution is 6.12. The van der Waals surface area contributed by atoms with Gasteiger partial charge in [-0.3, -0.25) is 0 Å². The maximum Gasteiger partial charge on any atom is 0.0540 e. The van der Waals surface area contributed by atoms with Crippen molar-refractivity contribution >= 4 is 49.4 Å². The summed E-state index contributed by atoms with van der Waals surface area (Å²) in [5.41, 5.74) is 16.2. The molecule has 0 N–H and O–H groups in total. The van der Waals surface area contributed by atoms with Crippen LogP contribution in [0.15, 0.2) is 212 Å². The minimum atomic E-state index is -0.327. The van der Waals surface area contributed by atoms with E-state index in [9.17, 15) is 0 Å². The Labute approximate surface area is 370 Å². The number of rotatable bonds is 7. The zero-order chi connectivity index (χ0) is 41.9. The van der Waals surface area contributed by atoms with Gasteiger partial charge < -0.3 is 4.90 Å². The fraction of sp³-hybridized carbons (Fsp3) is 0.129. The van der Waals surface area contributed by atoms with E-state index in [1.54, 1.807) is 0 Å². The largest absolute Gasteiger partial charge is 0.310 e. The molecule has 1 heteroatoms. The number of para-hydroxylation sites is 1. The van der Waals surface area contributed by atoms with E-state index >= 15 is 0 Å². The maximum absolute atomic E-state index is 2.54. The van der Waals surface area contributed by atoms with Crippen molar-refractivity contribution in [3.63, 3.8) is 0 Å². The van der Waals surface area contributed by atoms with Crippen LogP contribution in [0.1, 0.15) is 67.2 Å². The van der Waals surface area contributed by atoms with Gasteiger partial charge in [-0.2, -0.15) is 0 Å². The van der Waals surface area contributed by atoms with Gasteiger partial charge in [0.1, 0.15) is 0 Å². The van der Waals surface area contributed by atoms with Crippen LogP contribution < -0.4 is 4.90 Å². The van der Waals surface area contributed by atoms with E-state index in [0.29, 0.717) is 5.92 Å². The lowest BCUT2D eigenvalue weighted by Crippen LogP contribution is -2.23. The van der Waals surface area contributed by atoms with E-state index in [1.807, 2.05) is 0 Å². The third-order valence-corrected chi connectivity index (χ3v) is 14.5. The van der Waals surface area contributed by atoms with Gasteiger partial charge >= 0.3 is 0 Å². The maximum atomic E-state index is 2.54. The van der Waals surface area contributed by atoms with Crippen molar-refractivity contribution in [2.75, 3.05) is 4.90 Å². The molecule has 10 aromatic rings. The summed E-state index contributed by atoms with van der Waals surface area (Å²) >= 11 is 0. The molecule has 1 saturated carbocycles. The van der Waals surface area contributed by atoms with Crippen molar-refractivity contribution in [1.82, 2.24) is 0 Å². The van der Waals surface area contributed by atoms with Crippen LogP contribution in [0.4, 0.5) is 17.1 Å². The van der Waals surface area contributed by atoms with Crippen LogP contribution in [0, 0.1) is 0 Å². The number of benzene rings is 10. The Balaban J connectivity index is 1.10. The first-order valence-corrected chi connectivity index (χ1v) is 22.9. The molecule has 10 aromatic carbocycles. The fourth-order valence-electron chi connectivity index (χ4n) is 11.5. The second-order valence-corrected chi connectivity index (χ2v) is 17.9. The van der Waals surface area contributed by atoms with Crippen LogP contribution in [0.5, 0.6) is 0 Å². The molecule has 0 amide bonds. The molecule has 1 atom stereocenters. The normalized spacial score (nSPS) is 16.0. The lowest BCUT2D eigenvalue weighted by Gasteiger charge is -2.32. The van der Waals surface area contributed by atoms with Gasteiger partial charge in [0.05, 0.1) is 5.69 Å². The highest BCUT2D eigenvalue weighted by Crippen LogP contribution is 2.55. The molecule has 0 spiro atoms. The predicted octanol–water partition coefficient (Wildman–Crippen LogP) is 17.3. The first-order valence-electron chi connectivity index (χ1n) is 22.9. The first-order chi connectivity index (χ1) is 31.1. The third-order valence-electron chi connectivity index (χ3n) is 14.5. The van der Waals surface area contributed by atoms with Gasteiger partial charge in [-0.05, 0) is 138 Å². The lowest BCUT2D eigenvalue weighted by atomic mass is 9.74. The van der Waals surface area contributed by atoms with Gasteiger partial charge in [-0.1, -0.05) is 201 Å². The first kappa shape index (κ1) is 37.5. The smallest absolute Gasteiger partial charge is 0.0540 e. The molecular formula is C62H49N. The molecule has 0 saturated heterocycles. The fourth-order valence-corrected chi connectivity index (χ4v) is 11.5. The topological polar surface area (TPSA) is 3.24 Å². The summed E-state index contributed by atoms with van der Waals surface area (Å²) in [5.74, 6) is 0.579. The van der Waals surface area contributed by atoms with Gasteiger partial charge in [-0.25, -0.2) is 0 Å². The van der Waals surface area contributed by atoms with Crippen molar-refractivity contribution in [3.8, 4) is 33.4 Å². The van der Waals surface area contributed by atoms with Crippen LogP contribution in [0.25, 0.3) is 65.7 Å². The molecule has 63 heavy (non-hydrogen) atoms. The molecule has 0 radical (unpaired) electrons. The summed E-state index contributed by atoms with van der Waals surface area (Å²) in [6, 6.07) is 79.7. The van der Waals surface area contributed by atoms with Crippen molar-refractivity contribution in [2.45, 2.75) is 50.4 Å². The molecule has 0 heterocycles. The molecule has 2 aliphatic rings. The van der Waals surface area contributed by atoms with E-state index in [2.05, 4.69) is 224 Å². The number of anilines is 3. The van der Waals surface area contributed by atoms with Crippen molar-refractivity contribution in [2.24, 2.45) is 0 Å². The van der Waals surface area contributed by atoms with E-state index in [4.69, 9.17) is 0 Å². The van der Waals surface area contributed by atoms with Crippen LogP contribution in [-0.4, -0.2) is 0 Å². The average Bonchev–Trinajstić information content (AvgIpc) is 3.62. The van der Waals surface area contributed by atoms with Crippen LogP contribution in [0.2, 0.25) is 0 Å². The summed E-state index contributed by atoms with van der Waals surface area (Å²) < 4.78 is 0. The Hall–Kier alpha value is -7.22. The molecule has 1 fully saturated rings. The molecule has 1 nitrogen and oxygen atoms in total. The average molecular weight is 808 g/mol. The molecular weight excluding hydrogens is 759 g/mol. The van der Waals surface area contributed by atoms with Crippen molar-refractivity contribution in [1.29, 1.82) is 0 Å². The van der Waals surface area contributed by atoms with Crippen LogP contribution >= 0.6 is 0 Å². The molecule has 0 aromatic heterocycles. The molecule has 302 valence electrons. The quantitative estimate of drug-likeness (QED) is 0.145. The van der Waals surface area contributed by atoms with Gasteiger partial charge in [0.25, 0.3) is 0 Å². The number of nitrogens with zero attached hydrogens (tertiary/aromatic N) is 1. The summed E-state index contributed by atoms with van der Waals surface area (Å²) in [7, 11) is 0. The highest BCUT2D eigenvalue weighted by atomic mass is 15.1.